The van der Waals surface area contributed by atoms with Gasteiger partial charge in [-0.25, -0.2) is 0 Å². The van der Waals surface area contributed by atoms with Crippen molar-refractivity contribution in [2.45, 2.75) is 33.4 Å². The summed E-state index contributed by atoms with van der Waals surface area (Å²) in [5.41, 5.74) is 1.09. The fraction of sp³-hybridized carbons (Fsp3) is 0.429. The average Bonchev–Trinajstić information content (AvgIpc) is 2.29. The smallest absolute Gasteiger partial charge is 0.142 e. The largest absolute Gasteiger partial charge is 0.488 e. The van der Waals surface area contributed by atoms with E-state index in [1.807, 2.05) is 37.3 Å². The second-order valence-electron chi connectivity index (χ2n) is 4.14. The molecule has 1 aromatic rings. The fourth-order valence-corrected chi connectivity index (χ4v) is 1.64. The molecular formula is C14H20ClNO. The molecule has 0 unspecified atom stereocenters. The quantitative estimate of drug-likeness (QED) is 0.779. The number of halogens is 1. The Labute approximate surface area is 109 Å². The van der Waals surface area contributed by atoms with Crippen molar-refractivity contribution in [3.05, 3.63) is 40.9 Å². The minimum Gasteiger partial charge on any atom is -0.488 e. The van der Waals surface area contributed by atoms with Crippen LogP contribution in [0.1, 0.15) is 26.3 Å². The van der Waals surface area contributed by atoms with Gasteiger partial charge in [0.05, 0.1) is 5.02 Å². The van der Waals surface area contributed by atoms with Gasteiger partial charge < -0.3 is 10.1 Å². The van der Waals surface area contributed by atoms with Crippen LogP contribution in [0.5, 0.6) is 5.75 Å². The predicted octanol–water partition coefficient (Wildman–Crippen LogP) is 3.79. The molecule has 1 N–H and O–H groups in total. The zero-order valence-corrected chi connectivity index (χ0v) is 11.4. The molecular weight excluding hydrogens is 234 g/mol. The summed E-state index contributed by atoms with van der Waals surface area (Å²) in [5.74, 6) is 0.778. The van der Waals surface area contributed by atoms with Crippen LogP contribution in [0.3, 0.4) is 0 Å². The molecule has 0 radical (unpaired) electrons. The summed E-state index contributed by atoms with van der Waals surface area (Å²) in [5, 5.41) is 4.03. The highest BCUT2D eigenvalue weighted by Gasteiger charge is 2.08. The first kappa shape index (κ1) is 14.1. The number of ether oxygens (including phenoxy) is 1. The molecule has 0 aliphatic rings. The van der Waals surface area contributed by atoms with E-state index >= 15 is 0 Å². The second-order valence-corrected chi connectivity index (χ2v) is 4.55. The van der Waals surface area contributed by atoms with Gasteiger partial charge in [0.2, 0.25) is 0 Å². The molecule has 0 amide bonds. The SMILES string of the molecule is C/C=C/COc1c(Cl)cccc1CNC(C)C. The van der Waals surface area contributed by atoms with Crippen molar-refractivity contribution in [2.75, 3.05) is 6.61 Å². The Balaban J connectivity index is 2.76. The van der Waals surface area contributed by atoms with Crippen LogP contribution in [0.25, 0.3) is 0 Å². The van der Waals surface area contributed by atoms with Gasteiger partial charge in [-0.2, -0.15) is 0 Å². The number of nitrogens with one attached hydrogen (secondary N) is 1. The Hall–Kier alpha value is -0.990. The van der Waals surface area contributed by atoms with Crippen molar-refractivity contribution in [3.63, 3.8) is 0 Å². The van der Waals surface area contributed by atoms with Gasteiger partial charge in [-0.1, -0.05) is 49.7 Å². The second kappa shape index (κ2) is 7.36. The van der Waals surface area contributed by atoms with Gasteiger partial charge in [-0.15, -0.1) is 0 Å². The summed E-state index contributed by atoms with van der Waals surface area (Å²) < 4.78 is 5.68. The van der Waals surface area contributed by atoms with Crippen molar-refractivity contribution < 1.29 is 4.74 Å². The van der Waals surface area contributed by atoms with E-state index in [0.29, 0.717) is 17.7 Å². The third kappa shape index (κ3) is 4.80. The number of rotatable bonds is 6. The highest BCUT2D eigenvalue weighted by atomic mass is 35.5. The maximum atomic E-state index is 6.15. The number of para-hydroxylation sites is 1. The van der Waals surface area contributed by atoms with Crippen LogP contribution < -0.4 is 10.1 Å². The summed E-state index contributed by atoms with van der Waals surface area (Å²) >= 11 is 6.15. The van der Waals surface area contributed by atoms with E-state index in [9.17, 15) is 0 Å². The normalized spacial score (nSPS) is 11.4. The lowest BCUT2D eigenvalue weighted by Gasteiger charge is -2.14. The van der Waals surface area contributed by atoms with E-state index in [1.165, 1.54) is 0 Å². The molecule has 1 rings (SSSR count). The Morgan fingerprint density at radius 1 is 1.41 bits per heavy atom. The Bertz CT molecular complexity index is 374. The average molecular weight is 254 g/mol. The molecule has 2 nitrogen and oxygen atoms in total. The molecule has 0 atom stereocenters. The molecule has 0 saturated heterocycles. The molecule has 0 spiro atoms. The number of hydrogen-bond donors (Lipinski definition) is 1. The summed E-state index contributed by atoms with van der Waals surface area (Å²) in [6.45, 7) is 7.52. The Kier molecular flexibility index (Phi) is 6.09. The number of benzene rings is 1. The van der Waals surface area contributed by atoms with Crippen LogP contribution in [0, 0.1) is 0 Å². The molecule has 0 fully saturated rings. The van der Waals surface area contributed by atoms with Crippen molar-refractivity contribution in [1.82, 2.24) is 5.32 Å². The molecule has 3 heteroatoms. The lowest BCUT2D eigenvalue weighted by atomic mass is 10.2. The lowest BCUT2D eigenvalue weighted by Crippen LogP contribution is -2.22. The van der Waals surface area contributed by atoms with Gasteiger partial charge in [0.25, 0.3) is 0 Å². The molecule has 94 valence electrons. The predicted molar refractivity (Wildman–Crippen MR) is 73.7 cm³/mol. The van der Waals surface area contributed by atoms with Gasteiger partial charge in [-0.05, 0) is 13.0 Å². The molecule has 0 bridgehead atoms. The van der Waals surface area contributed by atoms with Crippen molar-refractivity contribution >= 4 is 11.6 Å². The maximum absolute atomic E-state index is 6.15. The number of hydrogen-bond acceptors (Lipinski definition) is 2. The van der Waals surface area contributed by atoms with E-state index in [-0.39, 0.29) is 0 Å². The molecule has 17 heavy (non-hydrogen) atoms. The van der Waals surface area contributed by atoms with Gasteiger partial charge in [0.15, 0.2) is 0 Å². The Morgan fingerprint density at radius 3 is 2.82 bits per heavy atom. The summed E-state index contributed by atoms with van der Waals surface area (Å²) in [6.07, 6.45) is 3.92. The van der Waals surface area contributed by atoms with E-state index in [4.69, 9.17) is 16.3 Å². The first-order valence-corrected chi connectivity index (χ1v) is 6.27. The highest BCUT2D eigenvalue weighted by molar-refractivity contribution is 6.32. The van der Waals surface area contributed by atoms with Crippen LogP contribution in [-0.2, 0) is 6.54 Å². The van der Waals surface area contributed by atoms with Crippen molar-refractivity contribution in [2.24, 2.45) is 0 Å². The van der Waals surface area contributed by atoms with Crippen molar-refractivity contribution in [1.29, 1.82) is 0 Å². The molecule has 0 aromatic heterocycles. The van der Waals surface area contributed by atoms with Gasteiger partial charge >= 0.3 is 0 Å². The summed E-state index contributed by atoms with van der Waals surface area (Å²) in [4.78, 5) is 0. The standard InChI is InChI=1S/C14H20ClNO/c1-4-5-9-17-14-12(10-16-11(2)3)7-6-8-13(14)15/h4-8,11,16H,9-10H2,1-3H3/b5-4+. The lowest BCUT2D eigenvalue weighted by molar-refractivity contribution is 0.357. The first-order valence-electron chi connectivity index (χ1n) is 5.90. The highest BCUT2D eigenvalue weighted by Crippen LogP contribution is 2.28. The van der Waals surface area contributed by atoms with Crippen LogP contribution in [0.2, 0.25) is 5.02 Å². The Morgan fingerprint density at radius 2 is 2.18 bits per heavy atom. The van der Waals surface area contributed by atoms with Gasteiger partial charge in [0.1, 0.15) is 12.4 Å². The summed E-state index contributed by atoms with van der Waals surface area (Å²) in [6, 6.07) is 6.28. The van der Waals surface area contributed by atoms with Crippen LogP contribution in [-0.4, -0.2) is 12.6 Å². The van der Waals surface area contributed by atoms with E-state index in [2.05, 4.69) is 19.2 Å². The summed E-state index contributed by atoms with van der Waals surface area (Å²) in [7, 11) is 0. The van der Waals surface area contributed by atoms with E-state index in [1.54, 1.807) is 0 Å². The third-order valence-electron chi connectivity index (χ3n) is 2.31. The topological polar surface area (TPSA) is 21.3 Å². The molecule has 0 saturated carbocycles. The molecule has 1 aromatic carbocycles. The van der Waals surface area contributed by atoms with Crippen molar-refractivity contribution in [3.8, 4) is 5.75 Å². The van der Waals surface area contributed by atoms with E-state index in [0.717, 1.165) is 17.9 Å². The van der Waals surface area contributed by atoms with Gasteiger partial charge in [-0.3, -0.25) is 0 Å². The van der Waals surface area contributed by atoms with E-state index < -0.39 is 0 Å². The zero-order valence-electron chi connectivity index (χ0n) is 10.7. The number of allylic oxidation sites excluding steroid dienone is 1. The minimum absolute atomic E-state index is 0.442. The van der Waals surface area contributed by atoms with Crippen LogP contribution in [0.15, 0.2) is 30.4 Å². The van der Waals surface area contributed by atoms with Crippen LogP contribution in [0.4, 0.5) is 0 Å². The van der Waals surface area contributed by atoms with Crippen LogP contribution >= 0.6 is 11.6 Å². The zero-order chi connectivity index (χ0) is 12.7. The monoisotopic (exact) mass is 253 g/mol. The third-order valence-corrected chi connectivity index (χ3v) is 2.61. The molecule has 0 heterocycles. The molecule has 0 aliphatic carbocycles. The minimum atomic E-state index is 0.442. The van der Waals surface area contributed by atoms with Gasteiger partial charge in [0, 0.05) is 18.2 Å². The first-order chi connectivity index (χ1) is 8.15. The molecule has 0 aliphatic heterocycles. The maximum Gasteiger partial charge on any atom is 0.142 e. The fourth-order valence-electron chi connectivity index (χ4n) is 1.40.